The highest BCUT2D eigenvalue weighted by Gasteiger charge is 2.36. The van der Waals surface area contributed by atoms with Gasteiger partial charge in [-0.2, -0.15) is 0 Å². The third-order valence-corrected chi connectivity index (χ3v) is 10.5. The molecule has 3 heterocycles. The van der Waals surface area contributed by atoms with E-state index in [1.54, 1.807) is 24.0 Å². The van der Waals surface area contributed by atoms with Gasteiger partial charge in [0.15, 0.2) is 5.78 Å². The number of benzene rings is 1. The number of Topliss-reactive ketones (excluding diaryl/α,β-unsaturated/α-hetero) is 1. The standard InChI is InChI=1S/C34H44FN7O5S/c1-5-27-25(19-47-39-27)32(44)38-31(22-8-6-20(2)7-9-22)28(43)17-24-11-10-23(16-26(24)35)21(3)30(37-33(45)29-18-36-40-48-29)34(46)42-14-12-41(4)13-15-42/h10-11,16,18-22,30-31H,5-9,12-15,17H2,1-4H3,(H,37,45)(H,38,44)/t20?,21-,22?,30+,31-/m0/s1. The summed E-state index contributed by atoms with van der Waals surface area (Å²) in [6.07, 6.45) is 6.39. The first-order valence-electron chi connectivity index (χ1n) is 16.7. The number of amides is 3. The van der Waals surface area contributed by atoms with E-state index < -0.39 is 35.6 Å². The summed E-state index contributed by atoms with van der Waals surface area (Å²) < 4.78 is 24.6. The molecule has 2 N–H and O–H groups in total. The molecule has 1 aliphatic heterocycles. The molecule has 14 heteroatoms. The van der Waals surface area contributed by atoms with Crippen molar-refractivity contribution in [3.8, 4) is 0 Å². The number of carbonyl (C=O) groups excluding carboxylic acids is 4. The normalized spacial score (nSPS) is 20.5. The summed E-state index contributed by atoms with van der Waals surface area (Å²) >= 11 is 0.924. The van der Waals surface area contributed by atoms with E-state index in [2.05, 4.69) is 37.2 Å². The first-order valence-corrected chi connectivity index (χ1v) is 17.4. The van der Waals surface area contributed by atoms with Crippen molar-refractivity contribution in [3.63, 3.8) is 0 Å². The fourth-order valence-corrected chi connectivity index (χ4v) is 7.00. The van der Waals surface area contributed by atoms with Crippen molar-refractivity contribution in [2.24, 2.45) is 11.8 Å². The molecule has 2 aliphatic rings. The second-order valence-electron chi connectivity index (χ2n) is 13.1. The van der Waals surface area contributed by atoms with Crippen LogP contribution in [0.5, 0.6) is 0 Å². The number of aromatic nitrogens is 3. The van der Waals surface area contributed by atoms with Gasteiger partial charge in [-0.15, -0.1) is 5.10 Å². The Balaban J connectivity index is 1.34. The van der Waals surface area contributed by atoms with E-state index in [1.165, 1.54) is 18.5 Å². The molecule has 1 aliphatic carbocycles. The van der Waals surface area contributed by atoms with Crippen LogP contribution in [0.2, 0.25) is 0 Å². The second-order valence-corrected chi connectivity index (χ2v) is 13.9. The molecule has 12 nitrogen and oxygen atoms in total. The first-order chi connectivity index (χ1) is 23.0. The number of nitrogens with zero attached hydrogens (tertiary/aromatic N) is 5. The molecule has 3 aromatic rings. The van der Waals surface area contributed by atoms with Gasteiger partial charge in [-0.05, 0) is 66.9 Å². The lowest BCUT2D eigenvalue weighted by Gasteiger charge is -2.36. The topological polar surface area (TPSA) is 151 Å². The average Bonchev–Trinajstić information content (AvgIpc) is 3.80. The summed E-state index contributed by atoms with van der Waals surface area (Å²) in [7, 11) is 1.99. The summed E-state index contributed by atoms with van der Waals surface area (Å²) in [5, 5.41) is 13.4. The number of hydrogen-bond donors (Lipinski definition) is 2. The maximum Gasteiger partial charge on any atom is 0.265 e. The van der Waals surface area contributed by atoms with Gasteiger partial charge in [0.05, 0.1) is 17.9 Å². The summed E-state index contributed by atoms with van der Waals surface area (Å²) in [5.41, 5.74) is 1.50. The van der Waals surface area contributed by atoms with Crippen molar-refractivity contribution >= 4 is 35.0 Å². The van der Waals surface area contributed by atoms with Crippen molar-refractivity contribution in [2.75, 3.05) is 33.2 Å². The van der Waals surface area contributed by atoms with Gasteiger partial charge in [-0.25, -0.2) is 4.39 Å². The third kappa shape index (κ3) is 8.32. The fourth-order valence-electron chi connectivity index (χ4n) is 6.58. The van der Waals surface area contributed by atoms with Crippen LogP contribution in [0.3, 0.4) is 0 Å². The quantitative estimate of drug-likeness (QED) is 0.292. The average molecular weight is 682 g/mol. The van der Waals surface area contributed by atoms with Gasteiger partial charge in [0.2, 0.25) is 5.91 Å². The maximum atomic E-state index is 15.8. The van der Waals surface area contributed by atoms with Crippen LogP contribution in [-0.4, -0.2) is 93.4 Å². The molecule has 0 spiro atoms. The zero-order valence-corrected chi connectivity index (χ0v) is 28.7. The Bertz CT molecular complexity index is 1580. The number of piperazine rings is 1. The van der Waals surface area contributed by atoms with Crippen molar-refractivity contribution in [2.45, 2.75) is 77.3 Å². The van der Waals surface area contributed by atoms with Crippen LogP contribution in [0.4, 0.5) is 4.39 Å². The highest BCUT2D eigenvalue weighted by atomic mass is 32.1. The molecule has 2 aromatic heterocycles. The van der Waals surface area contributed by atoms with E-state index in [0.29, 0.717) is 55.3 Å². The van der Waals surface area contributed by atoms with Crippen molar-refractivity contribution < 1.29 is 28.1 Å². The van der Waals surface area contributed by atoms with E-state index in [0.717, 1.165) is 37.2 Å². The van der Waals surface area contributed by atoms with Gasteiger partial charge < -0.3 is 25.0 Å². The minimum atomic E-state index is -0.964. The molecular formula is C34H44FN7O5S. The smallest absolute Gasteiger partial charge is 0.265 e. The van der Waals surface area contributed by atoms with E-state index in [-0.39, 0.29) is 34.5 Å². The van der Waals surface area contributed by atoms with Crippen LogP contribution in [0.25, 0.3) is 0 Å². The Kier molecular flexibility index (Phi) is 11.7. The maximum absolute atomic E-state index is 15.8. The SMILES string of the molecule is CCc1nocc1C(=O)N[C@H](C(=O)Cc1ccc([C@H](C)[C@@H](NC(=O)c2cnns2)C(=O)N2CCN(C)CC2)cc1F)C1CCC(C)CC1. The van der Waals surface area contributed by atoms with E-state index in [4.69, 9.17) is 4.52 Å². The number of rotatable bonds is 12. The Morgan fingerprint density at radius 1 is 1.06 bits per heavy atom. The lowest BCUT2D eigenvalue weighted by Crippen LogP contribution is -2.55. The molecule has 0 unspecified atom stereocenters. The Morgan fingerprint density at radius 2 is 1.79 bits per heavy atom. The van der Waals surface area contributed by atoms with Gasteiger partial charge in [0.25, 0.3) is 11.8 Å². The number of ketones is 1. The predicted octanol–water partition coefficient (Wildman–Crippen LogP) is 3.64. The number of nitrogens with one attached hydrogen (secondary N) is 2. The van der Waals surface area contributed by atoms with Crippen LogP contribution < -0.4 is 10.6 Å². The first kappa shape index (κ1) is 35.3. The number of likely N-dealkylation sites (N-methyl/N-ethyl adjacent to an activating group) is 1. The Morgan fingerprint density at radius 3 is 2.44 bits per heavy atom. The summed E-state index contributed by atoms with van der Waals surface area (Å²) in [6, 6.07) is 2.83. The van der Waals surface area contributed by atoms with Gasteiger partial charge in [-0.1, -0.05) is 55.4 Å². The third-order valence-electron chi connectivity index (χ3n) is 9.81. The zero-order valence-electron chi connectivity index (χ0n) is 27.9. The van der Waals surface area contributed by atoms with Gasteiger partial charge in [0, 0.05) is 38.5 Å². The number of carbonyl (C=O) groups is 4. The zero-order chi connectivity index (χ0) is 34.4. The number of halogens is 1. The molecule has 5 rings (SSSR count). The second kappa shape index (κ2) is 15.9. The monoisotopic (exact) mass is 681 g/mol. The van der Waals surface area contributed by atoms with E-state index in [1.807, 2.05) is 14.0 Å². The fraction of sp³-hybridized carbons (Fsp3) is 0.559. The van der Waals surface area contributed by atoms with Gasteiger partial charge >= 0.3 is 0 Å². The van der Waals surface area contributed by atoms with Crippen LogP contribution >= 0.6 is 11.5 Å². The van der Waals surface area contributed by atoms with Crippen molar-refractivity contribution in [3.05, 3.63) is 63.7 Å². The Labute approximate surface area is 284 Å². The van der Waals surface area contributed by atoms with E-state index >= 15 is 4.39 Å². The molecular weight excluding hydrogens is 637 g/mol. The van der Waals surface area contributed by atoms with Crippen molar-refractivity contribution in [1.29, 1.82) is 0 Å². The lowest BCUT2D eigenvalue weighted by atomic mass is 9.77. The molecule has 0 bridgehead atoms. The lowest BCUT2D eigenvalue weighted by molar-refractivity contribution is -0.135. The molecule has 258 valence electrons. The van der Waals surface area contributed by atoms with Crippen LogP contribution in [0, 0.1) is 17.7 Å². The Hall–Kier alpha value is -4.04. The van der Waals surface area contributed by atoms with Crippen LogP contribution in [0.15, 0.2) is 35.2 Å². The minimum Gasteiger partial charge on any atom is -0.364 e. The van der Waals surface area contributed by atoms with Gasteiger partial charge in [-0.3, -0.25) is 19.2 Å². The number of hydrogen-bond acceptors (Lipinski definition) is 10. The summed E-state index contributed by atoms with van der Waals surface area (Å²) in [4.78, 5) is 58.0. The largest absolute Gasteiger partial charge is 0.364 e. The highest BCUT2D eigenvalue weighted by Crippen LogP contribution is 2.32. The molecule has 3 atom stereocenters. The summed E-state index contributed by atoms with van der Waals surface area (Å²) in [5.74, 6) is -2.13. The predicted molar refractivity (Wildman–Crippen MR) is 177 cm³/mol. The molecule has 2 fully saturated rings. The molecule has 48 heavy (non-hydrogen) atoms. The molecule has 1 saturated heterocycles. The highest BCUT2D eigenvalue weighted by molar-refractivity contribution is 7.07. The molecule has 1 saturated carbocycles. The molecule has 0 radical (unpaired) electrons. The van der Waals surface area contributed by atoms with Crippen molar-refractivity contribution in [1.82, 2.24) is 35.2 Å². The van der Waals surface area contributed by atoms with Crippen LogP contribution in [0.1, 0.15) is 89.2 Å². The minimum absolute atomic E-state index is 0.0661. The van der Waals surface area contributed by atoms with E-state index in [9.17, 15) is 19.2 Å². The van der Waals surface area contributed by atoms with Gasteiger partial charge in [0.1, 0.15) is 28.6 Å². The number of aryl methyl sites for hydroxylation is 1. The summed E-state index contributed by atoms with van der Waals surface area (Å²) in [6.45, 7) is 8.26. The molecule has 1 aromatic carbocycles. The van der Waals surface area contributed by atoms with Crippen LogP contribution in [-0.2, 0) is 22.4 Å². The molecule has 3 amide bonds.